The first-order chi connectivity index (χ1) is 11.2. The number of hydrogen-bond donors (Lipinski definition) is 2. The summed E-state index contributed by atoms with van der Waals surface area (Å²) in [7, 11) is 0. The predicted molar refractivity (Wildman–Crippen MR) is 98.6 cm³/mol. The van der Waals surface area contributed by atoms with Crippen LogP contribution in [-0.2, 0) is 4.74 Å². The van der Waals surface area contributed by atoms with Crippen molar-refractivity contribution < 1.29 is 14.9 Å². The molecule has 3 nitrogen and oxygen atoms in total. The van der Waals surface area contributed by atoms with Crippen LogP contribution in [0, 0.1) is 0 Å². The van der Waals surface area contributed by atoms with Crippen LogP contribution in [-0.4, -0.2) is 35.6 Å². The van der Waals surface area contributed by atoms with Crippen molar-refractivity contribution in [3.63, 3.8) is 0 Å². The standard InChI is InChI=1S/C20H38O3/c1-3-5-7-9-11-13-15-19(21)17-23-18-20(22)16-14-12-10-8-6-4-2/h3-4,19-22H,1-2,5-18H2. The summed E-state index contributed by atoms with van der Waals surface area (Å²) in [6.45, 7) is 8.09. The van der Waals surface area contributed by atoms with Crippen LogP contribution < -0.4 is 0 Å². The van der Waals surface area contributed by atoms with Gasteiger partial charge in [0.1, 0.15) is 0 Å². The zero-order chi connectivity index (χ0) is 17.2. The SMILES string of the molecule is C=CCCCCCCC(O)COCC(O)CCCCCCC=C. The van der Waals surface area contributed by atoms with E-state index in [-0.39, 0.29) is 0 Å². The van der Waals surface area contributed by atoms with Crippen molar-refractivity contribution in [3.8, 4) is 0 Å². The van der Waals surface area contributed by atoms with Crippen molar-refractivity contribution in [1.29, 1.82) is 0 Å². The van der Waals surface area contributed by atoms with Crippen LogP contribution in [0.15, 0.2) is 25.3 Å². The predicted octanol–water partition coefficient (Wildman–Crippen LogP) is 4.78. The quantitative estimate of drug-likeness (QED) is 0.281. The molecule has 0 aliphatic heterocycles. The maximum Gasteiger partial charge on any atom is 0.0773 e. The Morgan fingerprint density at radius 1 is 0.652 bits per heavy atom. The van der Waals surface area contributed by atoms with Crippen LogP contribution in [0.4, 0.5) is 0 Å². The average molecular weight is 327 g/mol. The van der Waals surface area contributed by atoms with E-state index in [0.717, 1.165) is 51.4 Å². The Morgan fingerprint density at radius 3 is 1.43 bits per heavy atom. The van der Waals surface area contributed by atoms with Crippen LogP contribution in [0.25, 0.3) is 0 Å². The van der Waals surface area contributed by atoms with Crippen molar-refractivity contribution in [2.75, 3.05) is 13.2 Å². The molecule has 0 bridgehead atoms. The van der Waals surface area contributed by atoms with Crippen LogP contribution in [0.2, 0.25) is 0 Å². The zero-order valence-corrected chi connectivity index (χ0v) is 14.9. The topological polar surface area (TPSA) is 49.7 Å². The van der Waals surface area contributed by atoms with E-state index >= 15 is 0 Å². The van der Waals surface area contributed by atoms with Crippen LogP contribution in [0.3, 0.4) is 0 Å². The Balaban J connectivity index is 3.33. The third-order valence-corrected chi connectivity index (χ3v) is 4.01. The highest BCUT2D eigenvalue weighted by atomic mass is 16.5. The number of allylic oxidation sites excluding steroid dienone is 2. The van der Waals surface area contributed by atoms with E-state index in [9.17, 15) is 10.2 Å². The van der Waals surface area contributed by atoms with Gasteiger partial charge in [-0.3, -0.25) is 0 Å². The summed E-state index contributed by atoms with van der Waals surface area (Å²) in [6.07, 6.45) is 16.0. The number of hydrogen-bond acceptors (Lipinski definition) is 3. The van der Waals surface area contributed by atoms with Gasteiger partial charge in [-0.25, -0.2) is 0 Å². The Kier molecular flexibility index (Phi) is 17.2. The fourth-order valence-corrected chi connectivity index (χ4v) is 2.55. The van der Waals surface area contributed by atoms with Crippen LogP contribution in [0.1, 0.15) is 77.0 Å². The molecular formula is C20H38O3. The summed E-state index contributed by atoms with van der Waals surface area (Å²) in [5.41, 5.74) is 0. The Bertz CT molecular complexity index is 240. The first-order valence-corrected chi connectivity index (χ1v) is 9.36. The Morgan fingerprint density at radius 2 is 1.04 bits per heavy atom. The highest BCUT2D eigenvalue weighted by molar-refractivity contribution is 4.66. The van der Waals surface area contributed by atoms with E-state index in [1.807, 2.05) is 12.2 Å². The Labute approximate surface area is 143 Å². The number of unbranched alkanes of at least 4 members (excludes halogenated alkanes) is 8. The van der Waals surface area contributed by atoms with Crippen molar-refractivity contribution in [1.82, 2.24) is 0 Å². The first kappa shape index (κ1) is 22.4. The van der Waals surface area contributed by atoms with E-state index in [2.05, 4.69) is 13.2 Å². The van der Waals surface area contributed by atoms with Crippen molar-refractivity contribution in [3.05, 3.63) is 25.3 Å². The van der Waals surface area contributed by atoms with Gasteiger partial charge in [-0.2, -0.15) is 0 Å². The molecule has 0 rings (SSSR count). The average Bonchev–Trinajstić information content (AvgIpc) is 2.54. The smallest absolute Gasteiger partial charge is 0.0773 e. The van der Waals surface area contributed by atoms with E-state index in [0.29, 0.717) is 13.2 Å². The van der Waals surface area contributed by atoms with Crippen LogP contribution in [0.5, 0.6) is 0 Å². The lowest BCUT2D eigenvalue weighted by molar-refractivity contribution is -0.0129. The minimum Gasteiger partial charge on any atom is -0.391 e. The fourth-order valence-electron chi connectivity index (χ4n) is 2.55. The molecule has 0 spiro atoms. The molecule has 2 atom stereocenters. The molecule has 2 N–H and O–H groups in total. The summed E-state index contributed by atoms with van der Waals surface area (Å²) < 4.78 is 5.42. The van der Waals surface area contributed by atoms with E-state index in [1.54, 1.807) is 0 Å². The second-order valence-electron chi connectivity index (χ2n) is 6.41. The van der Waals surface area contributed by atoms with E-state index in [4.69, 9.17) is 4.74 Å². The molecule has 0 aliphatic carbocycles. The number of aliphatic hydroxyl groups is 2. The van der Waals surface area contributed by atoms with Gasteiger partial charge < -0.3 is 14.9 Å². The summed E-state index contributed by atoms with van der Waals surface area (Å²) in [6, 6.07) is 0. The fraction of sp³-hybridized carbons (Fsp3) is 0.800. The molecule has 136 valence electrons. The third-order valence-electron chi connectivity index (χ3n) is 4.01. The van der Waals surface area contributed by atoms with Gasteiger partial charge in [0.05, 0.1) is 25.4 Å². The van der Waals surface area contributed by atoms with Gasteiger partial charge in [-0.15, -0.1) is 13.2 Å². The summed E-state index contributed by atoms with van der Waals surface area (Å²) in [5.74, 6) is 0. The molecule has 0 aromatic heterocycles. The van der Waals surface area contributed by atoms with E-state index < -0.39 is 12.2 Å². The number of rotatable bonds is 18. The lowest BCUT2D eigenvalue weighted by atomic mass is 10.1. The Hall–Kier alpha value is -0.640. The summed E-state index contributed by atoms with van der Waals surface area (Å²) in [4.78, 5) is 0. The maximum atomic E-state index is 9.83. The van der Waals surface area contributed by atoms with Gasteiger partial charge in [0.2, 0.25) is 0 Å². The normalized spacial score (nSPS) is 13.7. The number of ether oxygens (including phenoxy) is 1. The van der Waals surface area contributed by atoms with Crippen molar-refractivity contribution in [2.24, 2.45) is 0 Å². The molecule has 0 saturated carbocycles. The summed E-state index contributed by atoms with van der Waals surface area (Å²) >= 11 is 0. The molecule has 0 heterocycles. The summed E-state index contributed by atoms with van der Waals surface area (Å²) in [5, 5.41) is 19.7. The van der Waals surface area contributed by atoms with Gasteiger partial charge in [-0.05, 0) is 38.5 Å². The lowest BCUT2D eigenvalue weighted by Crippen LogP contribution is -2.21. The molecule has 0 aromatic carbocycles. The lowest BCUT2D eigenvalue weighted by Gasteiger charge is -2.14. The second kappa shape index (κ2) is 17.7. The molecule has 23 heavy (non-hydrogen) atoms. The first-order valence-electron chi connectivity index (χ1n) is 9.36. The molecule has 0 fully saturated rings. The minimum atomic E-state index is -0.402. The monoisotopic (exact) mass is 326 g/mol. The minimum absolute atomic E-state index is 0.336. The van der Waals surface area contributed by atoms with Gasteiger partial charge in [0.15, 0.2) is 0 Å². The van der Waals surface area contributed by atoms with Gasteiger partial charge in [-0.1, -0.05) is 50.7 Å². The van der Waals surface area contributed by atoms with Gasteiger partial charge in [0.25, 0.3) is 0 Å². The molecule has 0 aliphatic rings. The van der Waals surface area contributed by atoms with E-state index in [1.165, 1.54) is 25.7 Å². The molecule has 2 unspecified atom stereocenters. The van der Waals surface area contributed by atoms with Crippen LogP contribution >= 0.6 is 0 Å². The molecule has 0 amide bonds. The molecule has 3 heteroatoms. The second-order valence-corrected chi connectivity index (χ2v) is 6.41. The molecular weight excluding hydrogens is 288 g/mol. The number of aliphatic hydroxyl groups excluding tert-OH is 2. The van der Waals surface area contributed by atoms with Crippen molar-refractivity contribution >= 4 is 0 Å². The van der Waals surface area contributed by atoms with Gasteiger partial charge >= 0.3 is 0 Å². The highest BCUT2D eigenvalue weighted by Crippen LogP contribution is 2.10. The third kappa shape index (κ3) is 17.5. The molecule has 0 aromatic rings. The van der Waals surface area contributed by atoms with Gasteiger partial charge in [0, 0.05) is 0 Å². The molecule has 0 radical (unpaired) electrons. The van der Waals surface area contributed by atoms with Crippen molar-refractivity contribution in [2.45, 2.75) is 89.3 Å². The zero-order valence-electron chi connectivity index (χ0n) is 14.9. The highest BCUT2D eigenvalue weighted by Gasteiger charge is 2.08. The molecule has 0 saturated heterocycles. The maximum absolute atomic E-state index is 9.83. The largest absolute Gasteiger partial charge is 0.391 e.